The molecule has 6 nitrogen and oxygen atoms in total. The normalized spacial score (nSPS) is 19.2. The molecule has 1 aliphatic heterocycles. The summed E-state index contributed by atoms with van der Waals surface area (Å²) in [7, 11) is 0. The van der Waals surface area contributed by atoms with Gasteiger partial charge in [-0.2, -0.15) is 0 Å². The van der Waals surface area contributed by atoms with Gasteiger partial charge in [0.2, 0.25) is 0 Å². The van der Waals surface area contributed by atoms with Gasteiger partial charge in [0.15, 0.2) is 0 Å². The van der Waals surface area contributed by atoms with E-state index < -0.39 is 5.60 Å². The molecule has 0 radical (unpaired) electrons. The predicted octanol–water partition coefficient (Wildman–Crippen LogP) is 2.09. The second kappa shape index (κ2) is 4.43. The van der Waals surface area contributed by atoms with E-state index in [1.807, 2.05) is 39.2 Å². The molecule has 19 heavy (non-hydrogen) atoms. The lowest BCUT2D eigenvalue weighted by Gasteiger charge is -2.35. The zero-order chi connectivity index (χ0) is 14.4. The molecule has 0 fully saturated rings. The van der Waals surface area contributed by atoms with Gasteiger partial charge < -0.3 is 15.0 Å². The monoisotopic (exact) mass is 266 g/mol. The average Bonchev–Trinajstić information content (AvgIpc) is 2.55. The number of imidazole rings is 1. The smallest absolute Gasteiger partial charge is 0.410 e. The Morgan fingerprint density at radius 2 is 2.05 bits per heavy atom. The quantitative estimate of drug-likeness (QED) is 0.780. The first kappa shape index (κ1) is 13.7. The van der Waals surface area contributed by atoms with Crippen molar-refractivity contribution in [2.45, 2.75) is 52.8 Å². The third kappa shape index (κ3) is 2.52. The van der Waals surface area contributed by atoms with Crippen LogP contribution in [0.3, 0.4) is 0 Å². The summed E-state index contributed by atoms with van der Waals surface area (Å²) in [5.74, 6) is 1.51. The number of amides is 1. The van der Waals surface area contributed by atoms with Crippen LogP contribution in [0.25, 0.3) is 0 Å². The lowest BCUT2D eigenvalue weighted by atomic mass is 10.2. The summed E-state index contributed by atoms with van der Waals surface area (Å²) < 4.78 is 7.39. The molecule has 2 heterocycles. The van der Waals surface area contributed by atoms with Crippen LogP contribution in [0.1, 0.15) is 45.3 Å². The highest BCUT2D eigenvalue weighted by molar-refractivity contribution is 5.69. The van der Waals surface area contributed by atoms with E-state index >= 15 is 0 Å². The molecular weight excluding hydrogens is 244 g/mol. The number of carbonyl (C=O) groups is 1. The number of nitrogens with two attached hydrogens (primary N) is 1. The lowest BCUT2D eigenvalue weighted by molar-refractivity contribution is 0.0122. The maximum atomic E-state index is 12.2. The Bertz CT molecular complexity index is 501. The first-order valence-electron chi connectivity index (χ1n) is 6.53. The topological polar surface area (TPSA) is 73.4 Å². The van der Waals surface area contributed by atoms with Crippen molar-refractivity contribution in [2.75, 3.05) is 12.3 Å². The van der Waals surface area contributed by atoms with Crippen LogP contribution in [-0.4, -0.2) is 32.7 Å². The number of anilines is 1. The van der Waals surface area contributed by atoms with Gasteiger partial charge >= 0.3 is 6.09 Å². The third-order valence-corrected chi connectivity index (χ3v) is 3.25. The molecule has 1 atom stereocenters. The van der Waals surface area contributed by atoms with Crippen LogP contribution in [-0.2, 0) is 11.3 Å². The molecule has 0 unspecified atom stereocenters. The zero-order valence-electron chi connectivity index (χ0n) is 12.2. The van der Waals surface area contributed by atoms with E-state index in [-0.39, 0.29) is 12.1 Å². The summed E-state index contributed by atoms with van der Waals surface area (Å²) >= 11 is 0. The van der Waals surface area contributed by atoms with Gasteiger partial charge in [0.1, 0.15) is 17.2 Å². The molecule has 0 aromatic carbocycles. The van der Waals surface area contributed by atoms with Crippen molar-refractivity contribution in [1.29, 1.82) is 0 Å². The predicted molar refractivity (Wildman–Crippen MR) is 72.7 cm³/mol. The average molecular weight is 266 g/mol. The summed E-state index contributed by atoms with van der Waals surface area (Å²) in [5, 5.41) is 0. The van der Waals surface area contributed by atoms with E-state index in [2.05, 4.69) is 4.98 Å². The number of nitrogens with zero attached hydrogens (tertiary/aromatic N) is 3. The number of ether oxygens (including phenoxy) is 1. The van der Waals surface area contributed by atoms with E-state index in [0.29, 0.717) is 18.9 Å². The molecule has 1 aliphatic rings. The van der Waals surface area contributed by atoms with Crippen LogP contribution < -0.4 is 5.73 Å². The molecule has 1 amide bonds. The number of nitrogen functional groups attached to an aromatic ring is 1. The summed E-state index contributed by atoms with van der Waals surface area (Å²) in [6.45, 7) is 10.7. The highest BCUT2D eigenvalue weighted by atomic mass is 16.6. The van der Waals surface area contributed by atoms with Gasteiger partial charge in [0, 0.05) is 13.1 Å². The number of carbonyl (C=O) groups excluding carboxylic acids is 1. The van der Waals surface area contributed by atoms with Crippen LogP contribution in [0.5, 0.6) is 0 Å². The van der Waals surface area contributed by atoms with E-state index in [1.165, 1.54) is 0 Å². The Morgan fingerprint density at radius 3 is 2.63 bits per heavy atom. The molecule has 2 rings (SSSR count). The number of fused-ring (bicyclic) bond motifs is 1. The highest BCUT2D eigenvalue weighted by Gasteiger charge is 2.33. The number of hydrogen-bond acceptors (Lipinski definition) is 4. The molecule has 0 aliphatic carbocycles. The van der Waals surface area contributed by atoms with Crippen molar-refractivity contribution in [3.8, 4) is 0 Å². The fourth-order valence-electron chi connectivity index (χ4n) is 2.27. The van der Waals surface area contributed by atoms with Gasteiger partial charge in [-0.05, 0) is 34.6 Å². The van der Waals surface area contributed by atoms with Crippen LogP contribution in [0.2, 0.25) is 0 Å². The zero-order valence-corrected chi connectivity index (χ0v) is 12.2. The van der Waals surface area contributed by atoms with Crippen molar-refractivity contribution in [1.82, 2.24) is 14.5 Å². The minimum atomic E-state index is -0.487. The van der Waals surface area contributed by atoms with Gasteiger partial charge in [0.05, 0.1) is 11.7 Å². The standard InChI is InChI=1S/C13H22N4O2/c1-8-10(14)17-7-6-16(9(2)11(17)15-8)12(18)19-13(3,4)5/h9H,6-7,14H2,1-5H3/t9-/m1/s1. The Hall–Kier alpha value is -1.72. The Balaban J connectivity index is 2.22. The van der Waals surface area contributed by atoms with Crippen molar-refractivity contribution in [2.24, 2.45) is 0 Å². The molecule has 1 aromatic rings. The van der Waals surface area contributed by atoms with E-state index in [4.69, 9.17) is 10.5 Å². The highest BCUT2D eigenvalue weighted by Crippen LogP contribution is 2.29. The molecule has 0 saturated carbocycles. The van der Waals surface area contributed by atoms with Gasteiger partial charge in [-0.1, -0.05) is 0 Å². The molecule has 1 aromatic heterocycles. The van der Waals surface area contributed by atoms with E-state index in [9.17, 15) is 4.79 Å². The minimum Gasteiger partial charge on any atom is -0.444 e. The van der Waals surface area contributed by atoms with Crippen LogP contribution in [0.4, 0.5) is 10.6 Å². The maximum Gasteiger partial charge on any atom is 0.410 e. The summed E-state index contributed by atoms with van der Waals surface area (Å²) in [6.07, 6.45) is -0.300. The van der Waals surface area contributed by atoms with Crippen LogP contribution in [0.15, 0.2) is 0 Å². The van der Waals surface area contributed by atoms with Crippen molar-refractivity contribution in [3.63, 3.8) is 0 Å². The molecule has 0 bridgehead atoms. The van der Waals surface area contributed by atoms with Gasteiger partial charge in [-0.15, -0.1) is 0 Å². The Kier molecular flexibility index (Phi) is 3.20. The fourth-order valence-corrected chi connectivity index (χ4v) is 2.27. The largest absolute Gasteiger partial charge is 0.444 e. The number of rotatable bonds is 0. The molecule has 0 saturated heterocycles. The maximum absolute atomic E-state index is 12.2. The second-order valence-electron chi connectivity index (χ2n) is 5.94. The van der Waals surface area contributed by atoms with Crippen molar-refractivity contribution < 1.29 is 9.53 Å². The van der Waals surface area contributed by atoms with Crippen molar-refractivity contribution >= 4 is 11.9 Å². The summed E-state index contributed by atoms with van der Waals surface area (Å²) in [5.41, 5.74) is 6.30. The van der Waals surface area contributed by atoms with Crippen LogP contribution >= 0.6 is 0 Å². The number of aryl methyl sites for hydroxylation is 1. The first-order chi connectivity index (χ1) is 8.70. The summed E-state index contributed by atoms with van der Waals surface area (Å²) in [6, 6.07) is -0.125. The minimum absolute atomic E-state index is 0.125. The molecule has 106 valence electrons. The molecule has 6 heteroatoms. The number of aromatic nitrogens is 2. The van der Waals surface area contributed by atoms with Gasteiger partial charge in [-0.25, -0.2) is 9.78 Å². The van der Waals surface area contributed by atoms with Crippen LogP contribution in [0, 0.1) is 6.92 Å². The third-order valence-electron chi connectivity index (χ3n) is 3.25. The van der Waals surface area contributed by atoms with Gasteiger partial charge in [-0.3, -0.25) is 4.90 Å². The molecule has 0 spiro atoms. The second-order valence-corrected chi connectivity index (χ2v) is 5.94. The van der Waals surface area contributed by atoms with E-state index in [0.717, 1.165) is 11.5 Å². The van der Waals surface area contributed by atoms with Gasteiger partial charge in [0.25, 0.3) is 0 Å². The molecule has 2 N–H and O–H groups in total. The molecular formula is C13H22N4O2. The van der Waals surface area contributed by atoms with Crippen molar-refractivity contribution in [3.05, 3.63) is 11.5 Å². The first-order valence-corrected chi connectivity index (χ1v) is 6.53. The number of hydrogen-bond donors (Lipinski definition) is 1. The van der Waals surface area contributed by atoms with E-state index in [1.54, 1.807) is 4.90 Å². The Labute approximate surface area is 113 Å². The fraction of sp³-hybridized carbons (Fsp3) is 0.692. The SMILES string of the molecule is Cc1nc2n(c1N)CCN(C(=O)OC(C)(C)C)[C@@H]2C. The summed E-state index contributed by atoms with van der Waals surface area (Å²) in [4.78, 5) is 18.3. The Morgan fingerprint density at radius 1 is 1.42 bits per heavy atom. The lowest BCUT2D eigenvalue weighted by Crippen LogP contribution is -2.44.